The first-order valence-electron chi connectivity index (χ1n) is 19.7. The van der Waals surface area contributed by atoms with E-state index in [-0.39, 0.29) is 70.9 Å². The van der Waals surface area contributed by atoms with E-state index in [2.05, 4.69) is 5.32 Å². The molecule has 7 N–H and O–H groups in total. The van der Waals surface area contributed by atoms with Gasteiger partial charge in [0, 0.05) is 54.8 Å². The van der Waals surface area contributed by atoms with Gasteiger partial charge in [0.1, 0.15) is 35.6 Å². The number of carboxylic acid groups (broad SMARTS) is 1. The standard InChI is InChI=1S/C41H46N2O16S/c1-17-34(49)22(42-39(54)19-8-6-18(7-9-19)14-43-27(46)11-25(40(43)55)60-16-28(47)48)10-29(58-17)59-24-13-41(56,26(45)15-44)12-21-31(24)38(53)33-32(36(21)51)35(50)20-4-3-5-23(57-2)30(20)37(33)52/h3-5,17-19,22,24-25,29,34,44,49,51,53,56H,6-16H2,1-2H3,(H,42,54)(H,47,48)/t17?,18?,19?,22?,24-,25?,29?,34?,41-/m0/s1. The molecular formula is C41H46N2O16S. The van der Waals surface area contributed by atoms with Crippen LogP contribution < -0.4 is 10.1 Å². The molecule has 7 rings (SSSR count). The molecule has 322 valence electrons. The number of ketones is 3. The van der Waals surface area contributed by atoms with Crippen LogP contribution in [0.5, 0.6) is 17.2 Å². The van der Waals surface area contributed by atoms with E-state index in [1.165, 1.54) is 37.1 Å². The van der Waals surface area contributed by atoms with Gasteiger partial charge in [-0.2, -0.15) is 0 Å². The monoisotopic (exact) mass is 854 g/mol. The molecule has 2 aliphatic heterocycles. The number of carboxylic acids is 1. The molecule has 3 fully saturated rings. The van der Waals surface area contributed by atoms with Crippen molar-refractivity contribution in [1.29, 1.82) is 0 Å². The minimum Gasteiger partial charge on any atom is -0.507 e. The van der Waals surface area contributed by atoms with Crippen molar-refractivity contribution in [3.8, 4) is 17.2 Å². The zero-order valence-electron chi connectivity index (χ0n) is 32.8. The van der Waals surface area contributed by atoms with Crippen LogP contribution >= 0.6 is 11.8 Å². The van der Waals surface area contributed by atoms with E-state index in [1.807, 2.05) is 0 Å². The van der Waals surface area contributed by atoms with Crippen molar-refractivity contribution in [2.75, 3.05) is 26.0 Å². The zero-order valence-corrected chi connectivity index (χ0v) is 33.6. The number of amides is 3. The molecule has 5 unspecified atom stereocenters. The minimum atomic E-state index is -2.37. The van der Waals surface area contributed by atoms with Gasteiger partial charge in [-0.25, -0.2) is 0 Å². The minimum absolute atomic E-state index is 0.0480. The molecule has 3 amide bonds. The molecule has 2 aromatic carbocycles. The number of nitrogens with zero attached hydrogens (tertiary/aromatic N) is 1. The van der Waals surface area contributed by atoms with Crippen molar-refractivity contribution < 1.29 is 78.4 Å². The molecule has 0 bridgehead atoms. The molecular weight excluding hydrogens is 809 g/mol. The van der Waals surface area contributed by atoms with E-state index < -0.39 is 119 Å². The Morgan fingerprint density at radius 1 is 1.02 bits per heavy atom. The molecule has 18 nitrogen and oxygen atoms in total. The van der Waals surface area contributed by atoms with Gasteiger partial charge in [0.25, 0.3) is 0 Å². The third-order valence-corrected chi connectivity index (χ3v) is 13.5. The molecule has 19 heteroatoms. The summed E-state index contributed by atoms with van der Waals surface area (Å²) in [7, 11) is 1.30. The fourth-order valence-electron chi connectivity index (χ4n) is 9.17. The second-order valence-electron chi connectivity index (χ2n) is 16.1. The third kappa shape index (κ3) is 7.77. The first kappa shape index (κ1) is 43.2. The summed E-state index contributed by atoms with van der Waals surface area (Å²) in [5.74, 6) is -7.17. The normalized spacial score (nSPS) is 30.1. The molecule has 2 saturated heterocycles. The summed E-state index contributed by atoms with van der Waals surface area (Å²) in [5, 5.41) is 67.0. The quantitative estimate of drug-likeness (QED) is 0.0985. The molecule has 5 aliphatic rings. The molecule has 0 spiro atoms. The van der Waals surface area contributed by atoms with Crippen LogP contribution in [0, 0.1) is 11.8 Å². The number of nitrogens with one attached hydrogen (secondary N) is 1. The van der Waals surface area contributed by atoms with Gasteiger partial charge in [0.05, 0.1) is 53.1 Å². The highest BCUT2D eigenvalue weighted by molar-refractivity contribution is 8.01. The number of aliphatic hydroxyl groups is 3. The molecule has 7 atom stereocenters. The lowest BCUT2D eigenvalue weighted by Crippen LogP contribution is -2.56. The lowest BCUT2D eigenvalue weighted by Gasteiger charge is -2.43. The van der Waals surface area contributed by atoms with Crippen LogP contribution in [-0.4, -0.2) is 138 Å². The number of hydrogen-bond donors (Lipinski definition) is 7. The van der Waals surface area contributed by atoms with Crippen LogP contribution in [0.1, 0.15) is 101 Å². The number of methoxy groups -OCH3 is 1. The predicted molar refractivity (Wildman–Crippen MR) is 206 cm³/mol. The van der Waals surface area contributed by atoms with Gasteiger partial charge in [0.2, 0.25) is 23.5 Å². The van der Waals surface area contributed by atoms with Gasteiger partial charge < -0.3 is 50.2 Å². The molecule has 2 aromatic rings. The lowest BCUT2D eigenvalue weighted by molar-refractivity contribution is -0.249. The fraction of sp³-hybridized carbons (Fsp3) is 0.537. The number of aliphatic hydroxyl groups excluding tert-OH is 2. The van der Waals surface area contributed by atoms with Crippen molar-refractivity contribution in [3.63, 3.8) is 0 Å². The molecule has 0 aromatic heterocycles. The van der Waals surface area contributed by atoms with E-state index in [0.29, 0.717) is 25.7 Å². The van der Waals surface area contributed by atoms with Gasteiger partial charge in [-0.15, -0.1) is 11.8 Å². The smallest absolute Gasteiger partial charge is 0.313 e. The summed E-state index contributed by atoms with van der Waals surface area (Å²) in [4.78, 5) is 91.9. The second kappa shape index (κ2) is 16.9. The van der Waals surface area contributed by atoms with E-state index in [9.17, 15) is 59.1 Å². The number of thioether (sulfide) groups is 1. The van der Waals surface area contributed by atoms with Crippen molar-refractivity contribution >= 4 is 52.8 Å². The van der Waals surface area contributed by atoms with Crippen LogP contribution in [0.3, 0.4) is 0 Å². The number of ether oxygens (including phenoxy) is 3. The highest BCUT2D eigenvalue weighted by atomic mass is 32.2. The Morgan fingerprint density at radius 2 is 1.72 bits per heavy atom. The summed E-state index contributed by atoms with van der Waals surface area (Å²) in [6.45, 7) is 0.616. The number of aromatic hydroxyl groups is 2. The number of likely N-dealkylation sites (tertiary alicyclic amines) is 1. The Kier molecular flexibility index (Phi) is 12.1. The second-order valence-corrected chi connectivity index (χ2v) is 17.3. The SMILES string of the molecule is COc1cccc2c1C(=O)c1c(O)c3c(c(O)c1C2=O)C[C@@](O)(C(=O)CO)C[C@@H]3OC1CC(NC(=O)C2CCC(CN3C(=O)CC(SCC(=O)O)C3=O)CC2)C(O)C(C)O1. The number of aliphatic carboxylic acids is 1. The van der Waals surface area contributed by atoms with Crippen LogP contribution in [0.25, 0.3) is 0 Å². The Morgan fingerprint density at radius 3 is 2.38 bits per heavy atom. The maximum Gasteiger partial charge on any atom is 0.313 e. The number of rotatable bonds is 12. The Bertz CT molecular complexity index is 2150. The van der Waals surface area contributed by atoms with Gasteiger partial charge in [-0.1, -0.05) is 12.1 Å². The largest absolute Gasteiger partial charge is 0.507 e. The molecule has 60 heavy (non-hydrogen) atoms. The van der Waals surface area contributed by atoms with Gasteiger partial charge >= 0.3 is 5.97 Å². The summed E-state index contributed by atoms with van der Waals surface area (Å²) in [6.07, 6.45) is -4.44. The average molecular weight is 855 g/mol. The molecule has 2 heterocycles. The maximum absolute atomic E-state index is 14.0. The van der Waals surface area contributed by atoms with E-state index in [4.69, 9.17) is 19.3 Å². The molecule has 0 radical (unpaired) electrons. The average Bonchev–Trinajstić information content (AvgIpc) is 3.48. The Hall–Kier alpha value is -4.92. The highest BCUT2D eigenvalue weighted by Gasteiger charge is 2.51. The van der Waals surface area contributed by atoms with Crippen molar-refractivity contribution in [3.05, 3.63) is 51.6 Å². The topological polar surface area (TPSA) is 284 Å². The molecule has 1 saturated carbocycles. The van der Waals surface area contributed by atoms with Crippen LogP contribution in [0.4, 0.5) is 0 Å². The van der Waals surface area contributed by atoms with Crippen LogP contribution in [-0.2, 0) is 39.9 Å². The van der Waals surface area contributed by atoms with E-state index >= 15 is 0 Å². The number of hydrogen-bond acceptors (Lipinski definition) is 16. The number of carbonyl (C=O) groups excluding carboxylic acids is 6. The third-order valence-electron chi connectivity index (χ3n) is 12.4. The van der Waals surface area contributed by atoms with Crippen LogP contribution in [0.2, 0.25) is 0 Å². The number of benzene rings is 2. The maximum atomic E-state index is 14.0. The first-order valence-corrected chi connectivity index (χ1v) is 20.7. The number of phenols is 2. The predicted octanol–water partition coefficient (Wildman–Crippen LogP) is 0.911. The van der Waals surface area contributed by atoms with Crippen molar-refractivity contribution in [2.24, 2.45) is 11.8 Å². The Balaban J connectivity index is 1.07. The summed E-state index contributed by atoms with van der Waals surface area (Å²) < 4.78 is 17.6. The van der Waals surface area contributed by atoms with E-state index in [0.717, 1.165) is 11.8 Å². The van der Waals surface area contributed by atoms with Crippen LogP contribution in [0.15, 0.2) is 18.2 Å². The van der Waals surface area contributed by atoms with E-state index in [1.54, 1.807) is 0 Å². The Labute approximate surface area is 347 Å². The summed E-state index contributed by atoms with van der Waals surface area (Å²) in [6, 6.07) is 3.36. The fourth-order valence-corrected chi connectivity index (χ4v) is 10.0. The van der Waals surface area contributed by atoms with Gasteiger partial charge in [0.15, 0.2) is 17.9 Å². The number of Topliss-reactive ketones (excluding diaryl/α,β-unsaturated/α-hetero) is 1. The highest BCUT2D eigenvalue weighted by Crippen LogP contribution is 2.52. The number of phenolic OH excluding ortho intramolecular Hbond substituents is 2. The first-order chi connectivity index (χ1) is 28.5. The number of imide groups is 1. The zero-order chi connectivity index (χ0) is 43.4. The summed E-state index contributed by atoms with van der Waals surface area (Å²) in [5.41, 5.74) is -4.15. The van der Waals surface area contributed by atoms with Gasteiger partial charge in [-0.3, -0.25) is 38.5 Å². The summed E-state index contributed by atoms with van der Waals surface area (Å²) >= 11 is 0.920. The number of carbonyl (C=O) groups is 7. The lowest BCUT2D eigenvalue weighted by atomic mass is 9.72. The van der Waals surface area contributed by atoms with Gasteiger partial charge in [-0.05, 0) is 44.6 Å². The van der Waals surface area contributed by atoms with Crippen molar-refractivity contribution in [1.82, 2.24) is 10.2 Å². The van der Waals surface area contributed by atoms with Crippen molar-refractivity contribution in [2.45, 2.75) is 99.8 Å². The molecule has 3 aliphatic carbocycles. The number of fused-ring (bicyclic) bond motifs is 3.